The fourth-order valence-electron chi connectivity index (χ4n) is 1.77. The standard InChI is InChI=1S/C14H20N2O4/c1-5-16(9-13(17)20-6-2)12-8-7-11(10(3)15-12)14(18)19-4/h7-8H,5-6,9H2,1-4H3. The molecule has 0 aromatic carbocycles. The summed E-state index contributed by atoms with van der Waals surface area (Å²) < 4.78 is 9.60. The molecule has 0 radical (unpaired) electrons. The molecule has 0 N–H and O–H groups in total. The Morgan fingerprint density at radius 2 is 2.00 bits per heavy atom. The Labute approximate surface area is 118 Å². The number of methoxy groups -OCH3 is 1. The number of esters is 2. The maximum absolute atomic E-state index is 11.5. The highest BCUT2D eigenvalue weighted by Gasteiger charge is 2.15. The number of carbonyl (C=O) groups excluding carboxylic acids is 2. The third kappa shape index (κ3) is 3.94. The first kappa shape index (κ1) is 15.9. The van der Waals surface area contributed by atoms with Gasteiger partial charge in [0.25, 0.3) is 0 Å². The number of nitrogens with zero attached hydrogens (tertiary/aromatic N) is 2. The maximum Gasteiger partial charge on any atom is 0.339 e. The molecule has 0 spiro atoms. The molecule has 6 nitrogen and oxygen atoms in total. The molecule has 0 bridgehead atoms. The number of carbonyl (C=O) groups is 2. The topological polar surface area (TPSA) is 68.7 Å². The molecule has 110 valence electrons. The van der Waals surface area contributed by atoms with Gasteiger partial charge in [-0.05, 0) is 32.9 Å². The number of anilines is 1. The van der Waals surface area contributed by atoms with Crippen LogP contribution in [0, 0.1) is 6.92 Å². The van der Waals surface area contributed by atoms with E-state index in [0.29, 0.717) is 30.2 Å². The molecule has 0 unspecified atom stereocenters. The molecule has 1 heterocycles. The molecule has 0 amide bonds. The van der Waals surface area contributed by atoms with E-state index in [-0.39, 0.29) is 12.5 Å². The van der Waals surface area contributed by atoms with Crippen molar-refractivity contribution in [2.45, 2.75) is 20.8 Å². The maximum atomic E-state index is 11.5. The smallest absolute Gasteiger partial charge is 0.339 e. The monoisotopic (exact) mass is 280 g/mol. The van der Waals surface area contributed by atoms with E-state index in [1.165, 1.54) is 7.11 Å². The van der Waals surface area contributed by atoms with E-state index >= 15 is 0 Å². The van der Waals surface area contributed by atoms with Gasteiger partial charge in [0.1, 0.15) is 12.4 Å². The zero-order valence-corrected chi connectivity index (χ0v) is 12.3. The number of likely N-dealkylation sites (N-methyl/N-ethyl adjacent to an activating group) is 1. The van der Waals surface area contributed by atoms with Gasteiger partial charge in [0.05, 0.1) is 25.0 Å². The lowest BCUT2D eigenvalue weighted by Crippen LogP contribution is -2.31. The van der Waals surface area contributed by atoms with E-state index in [2.05, 4.69) is 9.72 Å². The highest BCUT2D eigenvalue weighted by Crippen LogP contribution is 2.15. The Bertz CT molecular complexity index is 488. The quantitative estimate of drug-likeness (QED) is 0.737. The molecule has 20 heavy (non-hydrogen) atoms. The van der Waals surface area contributed by atoms with E-state index < -0.39 is 5.97 Å². The van der Waals surface area contributed by atoms with Gasteiger partial charge in [0.15, 0.2) is 0 Å². The van der Waals surface area contributed by atoms with Gasteiger partial charge in [-0.3, -0.25) is 4.79 Å². The molecule has 1 aromatic heterocycles. The molecule has 0 saturated heterocycles. The van der Waals surface area contributed by atoms with E-state index in [1.54, 1.807) is 30.9 Å². The van der Waals surface area contributed by atoms with Crippen LogP contribution in [0.5, 0.6) is 0 Å². The average Bonchev–Trinajstić information content (AvgIpc) is 2.44. The van der Waals surface area contributed by atoms with Crippen LogP contribution < -0.4 is 4.90 Å². The number of hydrogen-bond donors (Lipinski definition) is 0. The number of hydrogen-bond acceptors (Lipinski definition) is 6. The van der Waals surface area contributed by atoms with Crippen molar-refractivity contribution in [2.24, 2.45) is 0 Å². The van der Waals surface area contributed by atoms with Gasteiger partial charge >= 0.3 is 11.9 Å². The van der Waals surface area contributed by atoms with Crippen molar-refractivity contribution in [1.82, 2.24) is 4.98 Å². The van der Waals surface area contributed by atoms with Gasteiger partial charge < -0.3 is 14.4 Å². The Morgan fingerprint density at radius 3 is 2.50 bits per heavy atom. The number of aromatic nitrogens is 1. The first-order chi connectivity index (χ1) is 9.53. The number of pyridine rings is 1. The zero-order chi connectivity index (χ0) is 15.1. The van der Waals surface area contributed by atoms with Crippen molar-refractivity contribution in [3.8, 4) is 0 Å². The normalized spacial score (nSPS) is 10.0. The molecule has 1 aromatic rings. The first-order valence-corrected chi connectivity index (χ1v) is 6.50. The number of aryl methyl sites for hydroxylation is 1. The molecular formula is C14H20N2O4. The second-order valence-corrected chi connectivity index (χ2v) is 4.11. The lowest BCUT2D eigenvalue weighted by Gasteiger charge is -2.21. The Balaban J connectivity index is 2.91. The summed E-state index contributed by atoms with van der Waals surface area (Å²) in [6.07, 6.45) is 0. The largest absolute Gasteiger partial charge is 0.465 e. The van der Waals surface area contributed by atoms with Gasteiger partial charge in [-0.25, -0.2) is 9.78 Å². The molecule has 0 aliphatic rings. The third-order valence-corrected chi connectivity index (χ3v) is 2.81. The van der Waals surface area contributed by atoms with Gasteiger partial charge in [-0.1, -0.05) is 0 Å². The molecule has 0 fully saturated rings. The molecule has 6 heteroatoms. The van der Waals surface area contributed by atoms with Gasteiger partial charge in [-0.2, -0.15) is 0 Å². The van der Waals surface area contributed by atoms with Crippen LogP contribution in [0.15, 0.2) is 12.1 Å². The fourth-order valence-corrected chi connectivity index (χ4v) is 1.77. The number of rotatable bonds is 6. The summed E-state index contributed by atoms with van der Waals surface area (Å²) in [7, 11) is 1.33. The lowest BCUT2D eigenvalue weighted by atomic mass is 10.2. The van der Waals surface area contributed by atoms with Gasteiger partial charge in [-0.15, -0.1) is 0 Å². The van der Waals surface area contributed by atoms with E-state index in [9.17, 15) is 9.59 Å². The SMILES string of the molecule is CCOC(=O)CN(CC)c1ccc(C(=O)OC)c(C)n1. The van der Waals surface area contributed by atoms with Crippen LogP contribution in [0.3, 0.4) is 0 Å². The van der Waals surface area contributed by atoms with Crippen LogP contribution in [0.1, 0.15) is 29.9 Å². The molecular weight excluding hydrogens is 260 g/mol. The summed E-state index contributed by atoms with van der Waals surface area (Å²) in [5.74, 6) is -0.0912. The van der Waals surface area contributed by atoms with E-state index in [1.807, 2.05) is 6.92 Å². The summed E-state index contributed by atoms with van der Waals surface area (Å²) in [6.45, 7) is 6.52. The van der Waals surface area contributed by atoms with Crippen molar-refractivity contribution >= 4 is 17.8 Å². The minimum atomic E-state index is -0.421. The Morgan fingerprint density at radius 1 is 1.30 bits per heavy atom. The Hall–Kier alpha value is -2.11. The summed E-state index contributed by atoms with van der Waals surface area (Å²) in [6, 6.07) is 3.35. The van der Waals surface area contributed by atoms with E-state index in [0.717, 1.165) is 0 Å². The van der Waals surface area contributed by atoms with Crippen molar-refractivity contribution in [3.63, 3.8) is 0 Å². The summed E-state index contributed by atoms with van der Waals surface area (Å²) >= 11 is 0. The van der Waals surface area contributed by atoms with Gasteiger partial charge in [0, 0.05) is 6.54 Å². The van der Waals surface area contributed by atoms with Gasteiger partial charge in [0.2, 0.25) is 0 Å². The van der Waals surface area contributed by atoms with Crippen molar-refractivity contribution in [1.29, 1.82) is 0 Å². The fraction of sp³-hybridized carbons (Fsp3) is 0.500. The first-order valence-electron chi connectivity index (χ1n) is 6.50. The summed E-state index contributed by atoms with van der Waals surface area (Å²) in [5, 5.41) is 0. The lowest BCUT2D eigenvalue weighted by molar-refractivity contribution is -0.141. The van der Waals surface area contributed by atoms with Crippen LogP contribution in [-0.2, 0) is 14.3 Å². The predicted molar refractivity (Wildman–Crippen MR) is 74.8 cm³/mol. The minimum absolute atomic E-state index is 0.133. The second kappa shape index (κ2) is 7.47. The van der Waals surface area contributed by atoms with Crippen molar-refractivity contribution in [2.75, 3.05) is 31.7 Å². The second-order valence-electron chi connectivity index (χ2n) is 4.11. The summed E-state index contributed by atoms with van der Waals surface area (Å²) in [5.41, 5.74) is 0.986. The average molecular weight is 280 g/mol. The number of ether oxygens (including phenoxy) is 2. The van der Waals surface area contributed by atoms with Crippen LogP contribution in [-0.4, -0.2) is 43.7 Å². The molecule has 0 atom stereocenters. The van der Waals surface area contributed by atoms with Crippen molar-refractivity contribution in [3.05, 3.63) is 23.4 Å². The highest BCUT2D eigenvalue weighted by atomic mass is 16.5. The van der Waals surface area contributed by atoms with E-state index in [4.69, 9.17) is 4.74 Å². The molecule has 0 aliphatic carbocycles. The van der Waals surface area contributed by atoms with Crippen LogP contribution >= 0.6 is 0 Å². The molecule has 0 aliphatic heterocycles. The Kier molecular flexibility index (Phi) is 5.96. The zero-order valence-electron chi connectivity index (χ0n) is 12.3. The minimum Gasteiger partial charge on any atom is -0.465 e. The van der Waals surface area contributed by atoms with Crippen LogP contribution in [0.2, 0.25) is 0 Å². The molecule has 0 saturated carbocycles. The summed E-state index contributed by atoms with van der Waals surface area (Å²) in [4.78, 5) is 29.2. The third-order valence-electron chi connectivity index (χ3n) is 2.81. The van der Waals surface area contributed by atoms with Crippen LogP contribution in [0.25, 0.3) is 0 Å². The molecule has 1 rings (SSSR count). The highest BCUT2D eigenvalue weighted by molar-refractivity contribution is 5.90. The van der Waals surface area contributed by atoms with Crippen molar-refractivity contribution < 1.29 is 19.1 Å². The predicted octanol–water partition coefficient (Wildman–Crippen LogP) is 1.57. The van der Waals surface area contributed by atoms with Crippen LogP contribution in [0.4, 0.5) is 5.82 Å².